The fourth-order valence-electron chi connectivity index (χ4n) is 2.62. The Morgan fingerprint density at radius 3 is 2.38 bits per heavy atom. The molecule has 21 heavy (non-hydrogen) atoms. The number of hydrogen-bond donors (Lipinski definition) is 1. The first-order valence-electron chi connectivity index (χ1n) is 7.88. The van der Waals surface area contributed by atoms with Gasteiger partial charge in [-0.1, -0.05) is 57.5 Å². The molecule has 0 aliphatic rings. The highest BCUT2D eigenvalue weighted by atomic mass is 35.5. The van der Waals surface area contributed by atoms with Crippen LogP contribution in [0.4, 0.5) is 0 Å². The number of nitrogens with zero attached hydrogens (tertiary/aromatic N) is 1. The highest BCUT2D eigenvalue weighted by Crippen LogP contribution is 2.28. The van der Waals surface area contributed by atoms with Gasteiger partial charge < -0.3 is 5.32 Å². The first-order chi connectivity index (χ1) is 9.73. The summed E-state index contributed by atoms with van der Waals surface area (Å²) in [5.74, 6) is 0.695. The van der Waals surface area contributed by atoms with Gasteiger partial charge in [0.25, 0.3) is 0 Å². The van der Waals surface area contributed by atoms with Gasteiger partial charge in [-0.15, -0.1) is 0 Å². The van der Waals surface area contributed by atoms with Crippen molar-refractivity contribution < 1.29 is 0 Å². The van der Waals surface area contributed by atoms with Gasteiger partial charge in [-0.05, 0) is 43.5 Å². The van der Waals surface area contributed by atoms with Crippen molar-refractivity contribution in [2.45, 2.75) is 40.7 Å². The van der Waals surface area contributed by atoms with Crippen molar-refractivity contribution in [3.8, 4) is 0 Å². The molecule has 0 radical (unpaired) electrons. The lowest BCUT2D eigenvalue weighted by Crippen LogP contribution is -2.40. The maximum atomic E-state index is 6.31. The molecule has 0 fully saturated rings. The fraction of sp³-hybridized carbons (Fsp3) is 0.667. The van der Waals surface area contributed by atoms with Crippen LogP contribution < -0.4 is 5.32 Å². The summed E-state index contributed by atoms with van der Waals surface area (Å²) in [6, 6.07) is 8.45. The molecule has 120 valence electrons. The molecule has 3 heteroatoms. The zero-order valence-corrected chi connectivity index (χ0v) is 15.2. The van der Waals surface area contributed by atoms with Gasteiger partial charge in [-0.2, -0.15) is 0 Å². The number of nitrogens with one attached hydrogen (secondary N) is 1. The third kappa shape index (κ3) is 6.37. The van der Waals surface area contributed by atoms with Crippen LogP contribution in [0.15, 0.2) is 24.3 Å². The lowest BCUT2D eigenvalue weighted by Gasteiger charge is -2.34. The second-order valence-electron chi connectivity index (χ2n) is 7.30. The molecule has 0 saturated heterocycles. The van der Waals surface area contributed by atoms with Crippen LogP contribution >= 0.6 is 11.6 Å². The minimum Gasteiger partial charge on any atom is -0.316 e. The second kappa shape index (κ2) is 8.17. The Balaban J connectivity index is 2.58. The summed E-state index contributed by atoms with van der Waals surface area (Å²) in [5.41, 5.74) is 1.44. The summed E-state index contributed by atoms with van der Waals surface area (Å²) in [4.78, 5) is 2.39. The van der Waals surface area contributed by atoms with Gasteiger partial charge in [-0.25, -0.2) is 0 Å². The van der Waals surface area contributed by atoms with Crippen molar-refractivity contribution in [2.75, 3.05) is 26.7 Å². The number of rotatable bonds is 8. The largest absolute Gasteiger partial charge is 0.316 e. The summed E-state index contributed by atoms with van der Waals surface area (Å²) in [5, 5.41) is 4.42. The van der Waals surface area contributed by atoms with E-state index in [1.54, 1.807) is 0 Å². The molecule has 1 N–H and O–H groups in total. The maximum absolute atomic E-state index is 6.31. The van der Waals surface area contributed by atoms with Crippen molar-refractivity contribution in [3.05, 3.63) is 34.9 Å². The topological polar surface area (TPSA) is 15.3 Å². The smallest absolute Gasteiger partial charge is 0.0453 e. The van der Waals surface area contributed by atoms with Gasteiger partial charge in [0.1, 0.15) is 0 Å². The SMILES string of the molecule is CC(C)CNCC(C)(C)CN(C)C(C)c1ccccc1Cl. The normalized spacial score (nSPS) is 14.0. The van der Waals surface area contributed by atoms with Gasteiger partial charge in [0.15, 0.2) is 0 Å². The van der Waals surface area contributed by atoms with Gasteiger partial charge in [0.05, 0.1) is 0 Å². The highest BCUT2D eigenvalue weighted by molar-refractivity contribution is 6.31. The van der Waals surface area contributed by atoms with Crippen LogP contribution in [0, 0.1) is 11.3 Å². The molecular weight excluding hydrogens is 280 g/mol. The van der Waals surface area contributed by atoms with Crippen molar-refractivity contribution in [1.29, 1.82) is 0 Å². The maximum Gasteiger partial charge on any atom is 0.0453 e. The molecule has 0 bridgehead atoms. The van der Waals surface area contributed by atoms with Crippen LogP contribution in [-0.2, 0) is 0 Å². The van der Waals surface area contributed by atoms with Gasteiger partial charge in [0, 0.05) is 24.2 Å². The second-order valence-corrected chi connectivity index (χ2v) is 7.71. The van der Waals surface area contributed by atoms with E-state index in [-0.39, 0.29) is 5.41 Å². The Bertz CT molecular complexity index is 429. The lowest BCUT2D eigenvalue weighted by molar-refractivity contribution is 0.165. The molecule has 1 atom stereocenters. The quantitative estimate of drug-likeness (QED) is 0.754. The minimum absolute atomic E-state index is 0.235. The Kier molecular flexibility index (Phi) is 7.19. The monoisotopic (exact) mass is 310 g/mol. The van der Waals surface area contributed by atoms with Crippen LogP contribution in [0.3, 0.4) is 0 Å². The molecule has 1 rings (SSSR count). The molecule has 0 aliphatic carbocycles. The highest BCUT2D eigenvalue weighted by Gasteiger charge is 2.23. The van der Waals surface area contributed by atoms with Crippen molar-refractivity contribution in [3.63, 3.8) is 0 Å². The van der Waals surface area contributed by atoms with Crippen LogP contribution in [0.5, 0.6) is 0 Å². The van der Waals surface area contributed by atoms with E-state index in [0.29, 0.717) is 12.0 Å². The predicted molar refractivity (Wildman–Crippen MR) is 94.0 cm³/mol. The molecular formula is C18H31ClN2. The number of hydrogen-bond acceptors (Lipinski definition) is 2. The molecule has 0 saturated carbocycles. The van der Waals surface area contributed by atoms with E-state index in [9.17, 15) is 0 Å². The first kappa shape index (κ1) is 18.5. The Hall–Kier alpha value is -0.570. The minimum atomic E-state index is 0.235. The van der Waals surface area contributed by atoms with Gasteiger partial charge >= 0.3 is 0 Å². The van der Waals surface area contributed by atoms with E-state index in [4.69, 9.17) is 11.6 Å². The molecule has 0 amide bonds. The van der Waals surface area contributed by atoms with Crippen molar-refractivity contribution in [2.24, 2.45) is 11.3 Å². The van der Waals surface area contributed by atoms with E-state index in [0.717, 1.165) is 24.7 Å². The molecule has 0 heterocycles. The third-order valence-corrected chi connectivity index (χ3v) is 4.19. The van der Waals surface area contributed by atoms with Crippen LogP contribution in [0.1, 0.15) is 46.2 Å². The zero-order chi connectivity index (χ0) is 16.0. The molecule has 0 spiro atoms. The molecule has 1 aromatic rings. The molecule has 0 aromatic heterocycles. The molecule has 0 aliphatic heterocycles. The third-order valence-electron chi connectivity index (χ3n) is 3.85. The fourth-order valence-corrected chi connectivity index (χ4v) is 2.91. The standard InChI is InChI=1S/C18H31ClN2/c1-14(2)11-20-12-18(4,5)13-21(6)15(3)16-9-7-8-10-17(16)19/h7-10,14-15,20H,11-13H2,1-6H3. The Morgan fingerprint density at radius 2 is 1.81 bits per heavy atom. The average Bonchev–Trinajstić information content (AvgIpc) is 2.37. The first-order valence-corrected chi connectivity index (χ1v) is 8.26. The molecule has 2 nitrogen and oxygen atoms in total. The number of benzene rings is 1. The predicted octanol–water partition coefficient (Wildman–Crippen LogP) is 4.60. The van der Waals surface area contributed by atoms with Crippen molar-refractivity contribution >= 4 is 11.6 Å². The average molecular weight is 311 g/mol. The molecule has 1 unspecified atom stereocenters. The van der Waals surface area contributed by atoms with E-state index in [1.165, 1.54) is 5.56 Å². The number of halogens is 1. The van der Waals surface area contributed by atoms with E-state index >= 15 is 0 Å². The summed E-state index contributed by atoms with van der Waals surface area (Å²) in [6.45, 7) is 14.5. The Morgan fingerprint density at radius 1 is 1.19 bits per heavy atom. The van der Waals surface area contributed by atoms with Gasteiger partial charge in [-0.3, -0.25) is 4.90 Å². The van der Waals surface area contributed by atoms with E-state index < -0.39 is 0 Å². The molecule has 1 aromatic carbocycles. The van der Waals surface area contributed by atoms with Gasteiger partial charge in [0.2, 0.25) is 0 Å². The van der Waals surface area contributed by atoms with E-state index in [1.807, 2.05) is 12.1 Å². The summed E-state index contributed by atoms with van der Waals surface area (Å²) < 4.78 is 0. The summed E-state index contributed by atoms with van der Waals surface area (Å²) >= 11 is 6.31. The lowest BCUT2D eigenvalue weighted by atomic mass is 9.91. The summed E-state index contributed by atoms with van der Waals surface area (Å²) in [7, 11) is 2.18. The van der Waals surface area contributed by atoms with Crippen molar-refractivity contribution in [1.82, 2.24) is 10.2 Å². The van der Waals surface area contributed by atoms with Crippen LogP contribution in [-0.4, -0.2) is 31.6 Å². The zero-order valence-electron chi connectivity index (χ0n) is 14.4. The van der Waals surface area contributed by atoms with E-state index in [2.05, 4.69) is 64.0 Å². The van der Waals surface area contributed by atoms with Crippen LogP contribution in [0.25, 0.3) is 0 Å². The van der Waals surface area contributed by atoms with Crippen LogP contribution in [0.2, 0.25) is 5.02 Å². The Labute approximate surface area is 135 Å². The summed E-state index contributed by atoms with van der Waals surface area (Å²) in [6.07, 6.45) is 0.